The summed E-state index contributed by atoms with van der Waals surface area (Å²) < 4.78 is 1.59. The first-order chi connectivity index (χ1) is 11.7. The maximum absolute atomic E-state index is 12.5. The minimum atomic E-state index is -0.267. The Balaban J connectivity index is 1.74. The number of hydrogen-bond donors (Lipinski definition) is 1. The molecule has 0 aliphatic carbocycles. The van der Waals surface area contributed by atoms with Crippen molar-refractivity contribution in [3.05, 3.63) is 59.5 Å². The Morgan fingerprint density at radius 3 is 2.92 bits per heavy atom. The number of hydrogen-bond acceptors (Lipinski definition) is 6. The maximum atomic E-state index is 12.5. The predicted octanol–water partition coefficient (Wildman–Crippen LogP) is 2.81. The standard InChI is InChI=1S/C16H12N6OS/c1-10-4-5-11(9-18-10)13-19-14-12(3-2-7-22(14)21-13)15(23)20-16-17-6-8-24-16/h2-9H,1H3,(H,17,20,23). The van der Waals surface area contributed by atoms with Crippen molar-refractivity contribution in [2.24, 2.45) is 0 Å². The van der Waals surface area contributed by atoms with Crippen LogP contribution in [0.25, 0.3) is 17.0 Å². The Labute approximate surface area is 141 Å². The van der Waals surface area contributed by atoms with Gasteiger partial charge in [-0.2, -0.15) is 0 Å². The Morgan fingerprint density at radius 2 is 2.17 bits per heavy atom. The summed E-state index contributed by atoms with van der Waals surface area (Å²) in [5.74, 6) is 0.258. The van der Waals surface area contributed by atoms with E-state index >= 15 is 0 Å². The van der Waals surface area contributed by atoms with Gasteiger partial charge in [0.05, 0.1) is 5.56 Å². The average Bonchev–Trinajstić information content (AvgIpc) is 3.24. The fourth-order valence-corrected chi connectivity index (χ4v) is 2.78. The van der Waals surface area contributed by atoms with E-state index in [1.165, 1.54) is 11.3 Å². The summed E-state index contributed by atoms with van der Waals surface area (Å²) in [6.07, 6.45) is 5.12. The third kappa shape index (κ3) is 2.63. The molecule has 0 radical (unpaired) electrons. The summed E-state index contributed by atoms with van der Waals surface area (Å²) >= 11 is 1.36. The van der Waals surface area contributed by atoms with Gasteiger partial charge in [-0.05, 0) is 31.2 Å². The van der Waals surface area contributed by atoms with Crippen LogP contribution in [-0.2, 0) is 0 Å². The molecule has 4 aromatic heterocycles. The molecule has 0 aliphatic rings. The number of thiazole rings is 1. The quantitative estimate of drug-likeness (QED) is 0.622. The largest absolute Gasteiger partial charge is 0.298 e. The first-order valence-corrected chi connectivity index (χ1v) is 8.08. The number of rotatable bonds is 3. The lowest BCUT2D eigenvalue weighted by atomic mass is 10.2. The molecule has 0 bridgehead atoms. The molecule has 0 saturated heterocycles. The van der Waals surface area contributed by atoms with Crippen LogP contribution in [0.15, 0.2) is 48.2 Å². The number of aryl methyl sites for hydroxylation is 1. The van der Waals surface area contributed by atoms with Crippen molar-refractivity contribution in [2.45, 2.75) is 6.92 Å². The topological polar surface area (TPSA) is 85.1 Å². The van der Waals surface area contributed by atoms with Crippen LogP contribution in [-0.4, -0.2) is 30.5 Å². The highest BCUT2D eigenvalue weighted by Gasteiger charge is 2.16. The van der Waals surface area contributed by atoms with Crippen LogP contribution >= 0.6 is 11.3 Å². The number of anilines is 1. The molecule has 0 aromatic carbocycles. The van der Waals surface area contributed by atoms with Crippen LogP contribution in [0.4, 0.5) is 5.13 Å². The first kappa shape index (κ1) is 14.5. The van der Waals surface area contributed by atoms with Crippen LogP contribution < -0.4 is 5.32 Å². The molecular weight excluding hydrogens is 324 g/mol. The molecule has 4 rings (SSSR count). The number of pyridine rings is 2. The summed E-state index contributed by atoms with van der Waals surface area (Å²) in [4.78, 5) is 25.3. The number of amides is 1. The van der Waals surface area contributed by atoms with E-state index in [0.29, 0.717) is 22.2 Å². The van der Waals surface area contributed by atoms with Crippen LogP contribution in [0, 0.1) is 6.92 Å². The summed E-state index contributed by atoms with van der Waals surface area (Å²) in [7, 11) is 0. The molecule has 0 spiro atoms. The van der Waals surface area contributed by atoms with Crippen molar-refractivity contribution in [1.82, 2.24) is 24.6 Å². The number of fused-ring (bicyclic) bond motifs is 1. The summed E-state index contributed by atoms with van der Waals surface area (Å²) in [6, 6.07) is 7.28. The zero-order chi connectivity index (χ0) is 16.5. The van der Waals surface area contributed by atoms with Gasteiger partial charge in [0.2, 0.25) is 0 Å². The predicted molar refractivity (Wildman–Crippen MR) is 91.0 cm³/mol. The molecule has 7 nitrogen and oxygen atoms in total. The normalized spacial score (nSPS) is 10.9. The van der Waals surface area contributed by atoms with Gasteiger partial charge in [-0.15, -0.1) is 16.4 Å². The molecule has 0 unspecified atom stereocenters. The molecule has 4 heterocycles. The van der Waals surface area contributed by atoms with Gasteiger partial charge in [-0.25, -0.2) is 14.5 Å². The Hall–Kier alpha value is -3.13. The van der Waals surface area contributed by atoms with Crippen LogP contribution in [0.1, 0.15) is 16.1 Å². The fraction of sp³-hybridized carbons (Fsp3) is 0.0625. The minimum Gasteiger partial charge on any atom is -0.298 e. The Morgan fingerprint density at radius 1 is 1.25 bits per heavy atom. The Bertz CT molecular complexity index is 1010. The second-order valence-corrected chi connectivity index (χ2v) is 6.00. The molecule has 4 aromatic rings. The van der Waals surface area contributed by atoms with E-state index in [4.69, 9.17) is 0 Å². The molecule has 0 atom stereocenters. The molecule has 0 fully saturated rings. The van der Waals surface area contributed by atoms with Gasteiger partial charge in [0, 0.05) is 35.2 Å². The lowest BCUT2D eigenvalue weighted by Crippen LogP contribution is -2.13. The highest BCUT2D eigenvalue weighted by molar-refractivity contribution is 7.13. The second-order valence-electron chi connectivity index (χ2n) is 5.11. The van der Waals surface area contributed by atoms with Gasteiger partial charge in [0.15, 0.2) is 16.6 Å². The van der Waals surface area contributed by atoms with Gasteiger partial charge in [-0.1, -0.05) is 0 Å². The lowest BCUT2D eigenvalue weighted by Gasteiger charge is -2.02. The van der Waals surface area contributed by atoms with E-state index < -0.39 is 0 Å². The summed E-state index contributed by atoms with van der Waals surface area (Å²) in [6.45, 7) is 1.92. The molecule has 0 saturated carbocycles. The van der Waals surface area contributed by atoms with E-state index in [1.807, 2.05) is 19.1 Å². The van der Waals surface area contributed by atoms with Crippen LogP contribution in [0.3, 0.4) is 0 Å². The lowest BCUT2D eigenvalue weighted by molar-refractivity contribution is 0.102. The minimum absolute atomic E-state index is 0.267. The summed E-state index contributed by atoms with van der Waals surface area (Å²) in [5.41, 5.74) is 2.65. The van der Waals surface area contributed by atoms with E-state index in [0.717, 1.165) is 11.3 Å². The monoisotopic (exact) mass is 336 g/mol. The second kappa shape index (κ2) is 5.82. The van der Waals surface area contributed by atoms with E-state index in [2.05, 4.69) is 25.4 Å². The number of aromatic nitrogens is 5. The van der Waals surface area contributed by atoms with Crippen molar-refractivity contribution < 1.29 is 4.79 Å². The van der Waals surface area contributed by atoms with Gasteiger partial charge >= 0.3 is 0 Å². The number of nitrogens with one attached hydrogen (secondary N) is 1. The average molecular weight is 336 g/mol. The summed E-state index contributed by atoms with van der Waals surface area (Å²) in [5, 5.41) is 9.53. The third-order valence-corrected chi connectivity index (χ3v) is 4.12. The molecule has 1 amide bonds. The van der Waals surface area contributed by atoms with Crippen molar-refractivity contribution in [2.75, 3.05) is 5.32 Å². The van der Waals surface area contributed by atoms with E-state index in [9.17, 15) is 4.79 Å². The van der Waals surface area contributed by atoms with Gasteiger partial charge in [0.25, 0.3) is 5.91 Å². The van der Waals surface area contributed by atoms with Gasteiger partial charge in [0.1, 0.15) is 0 Å². The highest BCUT2D eigenvalue weighted by atomic mass is 32.1. The molecule has 1 N–H and O–H groups in total. The van der Waals surface area contributed by atoms with Crippen molar-refractivity contribution >= 4 is 28.0 Å². The number of carbonyl (C=O) groups excluding carboxylic acids is 1. The number of carbonyl (C=O) groups is 1. The molecule has 8 heteroatoms. The Kier molecular flexibility index (Phi) is 3.51. The molecular formula is C16H12N6OS. The SMILES string of the molecule is Cc1ccc(-c2nc3c(C(=O)Nc4nccs4)cccn3n2)cn1. The molecule has 118 valence electrons. The van der Waals surface area contributed by atoms with Crippen LogP contribution in [0.2, 0.25) is 0 Å². The third-order valence-electron chi connectivity index (χ3n) is 3.43. The zero-order valence-electron chi connectivity index (χ0n) is 12.7. The van der Waals surface area contributed by atoms with E-state index in [-0.39, 0.29) is 5.91 Å². The van der Waals surface area contributed by atoms with Gasteiger partial charge < -0.3 is 0 Å². The number of nitrogens with zero attached hydrogens (tertiary/aromatic N) is 5. The maximum Gasteiger partial charge on any atom is 0.261 e. The molecule has 24 heavy (non-hydrogen) atoms. The smallest absolute Gasteiger partial charge is 0.261 e. The van der Waals surface area contributed by atoms with Gasteiger partial charge in [-0.3, -0.25) is 15.1 Å². The first-order valence-electron chi connectivity index (χ1n) is 7.20. The van der Waals surface area contributed by atoms with E-state index in [1.54, 1.807) is 40.6 Å². The zero-order valence-corrected chi connectivity index (χ0v) is 13.5. The van der Waals surface area contributed by atoms with Crippen molar-refractivity contribution in [3.63, 3.8) is 0 Å². The molecule has 0 aliphatic heterocycles. The van der Waals surface area contributed by atoms with Crippen molar-refractivity contribution in [3.8, 4) is 11.4 Å². The van der Waals surface area contributed by atoms with Crippen LogP contribution in [0.5, 0.6) is 0 Å². The van der Waals surface area contributed by atoms with Crippen molar-refractivity contribution in [1.29, 1.82) is 0 Å². The highest BCUT2D eigenvalue weighted by Crippen LogP contribution is 2.19. The fourth-order valence-electron chi connectivity index (χ4n) is 2.26.